The quantitative estimate of drug-likeness (QED) is 0.775. The Kier molecular flexibility index (Phi) is 3.81. The van der Waals surface area contributed by atoms with E-state index in [0.717, 1.165) is 29.1 Å². The lowest BCUT2D eigenvalue weighted by Crippen LogP contribution is -2.49. The molecule has 27 heavy (non-hydrogen) atoms. The number of anilines is 1. The number of nitrogens with one attached hydrogen (secondary N) is 1. The van der Waals surface area contributed by atoms with E-state index in [1.807, 2.05) is 29.2 Å². The lowest BCUT2D eigenvalue weighted by molar-refractivity contribution is 0.0587. The number of hydrogen-bond donors (Lipinski definition) is 1. The minimum Gasteiger partial charge on any atom is -0.352 e. The standard InChI is InChI=1S/C20H22N6O/c1-13-5-4-10-26(13)19-17(21-8-9-22-19)14-11-25(12-14)20(27)18-23-15-6-2-3-7-16(15)24-18/h2-3,6-9,13-14H,4-5,10-12H2,1H3,(H,23,24)/t13-/m0/s1. The van der Waals surface area contributed by atoms with Gasteiger partial charge in [0.25, 0.3) is 5.91 Å². The van der Waals surface area contributed by atoms with E-state index in [1.54, 1.807) is 12.4 Å². The zero-order valence-electron chi connectivity index (χ0n) is 15.3. The molecular formula is C20H22N6O. The molecule has 0 aliphatic carbocycles. The number of benzene rings is 1. The third-order valence-electron chi connectivity index (χ3n) is 5.68. The van der Waals surface area contributed by atoms with Crippen LogP contribution in [0.4, 0.5) is 5.82 Å². The maximum Gasteiger partial charge on any atom is 0.289 e. The van der Waals surface area contributed by atoms with Crippen molar-refractivity contribution in [3.8, 4) is 0 Å². The van der Waals surface area contributed by atoms with Crippen molar-refractivity contribution in [3.63, 3.8) is 0 Å². The van der Waals surface area contributed by atoms with Crippen molar-refractivity contribution in [2.45, 2.75) is 31.7 Å². The zero-order chi connectivity index (χ0) is 18.4. The number of para-hydroxylation sites is 2. The number of carbonyl (C=O) groups is 1. The number of aromatic nitrogens is 4. The molecule has 2 aliphatic rings. The van der Waals surface area contributed by atoms with Gasteiger partial charge in [0.05, 0.1) is 16.7 Å². The van der Waals surface area contributed by atoms with E-state index in [2.05, 4.69) is 31.8 Å². The number of imidazole rings is 1. The number of hydrogen-bond acceptors (Lipinski definition) is 5. The minimum absolute atomic E-state index is 0.0533. The van der Waals surface area contributed by atoms with Crippen molar-refractivity contribution >= 4 is 22.8 Å². The Bertz CT molecular complexity index is 960. The topological polar surface area (TPSA) is 78.0 Å². The Labute approximate surface area is 157 Å². The number of rotatable bonds is 3. The minimum atomic E-state index is -0.0533. The average Bonchev–Trinajstić information content (AvgIpc) is 3.27. The van der Waals surface area contributed by atoms with E-state index in [1.165, 1.54) is 12.8 Å². The molecule has 7 heteroatoms. The van der Waals surface area contributed by atoms with Crippen molar-refractivity contribution in [3.05, 3.63) is 48.2 Å². The summed E-state index contributed by atoms with van der Waals surface area (Å²) in [5.41, 5.74) is 2.72. The average molecular weight is 362 g/mol. The Morgan fingerprint density at radius 3 is 2.78 bits per heavy atom. The maximum atomic E-state index is 12.8. The van der Waals surface area contributed by atoms with Crippen LogP contribution in [0.5, 0.6) is 0 Å². The first kappa shape index (κ1) is 16.2. The summed E-state index contributed by atoms with van der Waals surface area (Å²) < 4.78 is 0. The number of amides is 1. The van der Waals surface area contributed by atoms with E-state index in [0.29, 0.717) is 25.0 Å². The summed E-state index contributed by atoms with van der Waals surface area (Å²) in [6, 6.07) is 8.19. The molecule has 2 fully saturated rings. The Morgan fingerprint density at radius 2 is 2.00 bits per heavy atom. The third-order valence-corrected chi connectivity index (χ3v) is 5.68. The van der Waals surface area contributed by atoms with Crippen molar-refractivity contribution in [2.75, 3.05) is 24.5 Å². The van der Waals surface area contributed by atoms with Crippen molar-refractivity contribution < 1.29 is 4.79 Å². The summed E-state index contributed by atoms with van der Waals surface area (Å²) in [5, 5.41) is 0. The molecule has 2 aromatic heterocycles. The van der Waals surface area contributed by atoms with Crippen LogP contribution in [-0.4, -0.2) is 56.4 Å². The summed E-state index contributed by atoms with van der Waals surface area (Å²) >= 11 is 0. The zero-order valence-corrected chi connectivity index (χ0v) is 15.3. The van der Waals surface area contributed by atoms with Gasteiger partial charge in [0.15, 0.2) is 11.6 Å². The van der Waals surface area contributed by atoms with Gasteiger partial charge in [-0.15, -0.1) is 0 Å². The van der Waals surface area contributed by atoms with Crippen LogP contribution in [0.2, 0.25) is 0 Å². The van der Waals surface area contributed by atoms with E-state index in [-0.39, 0.29) is 11.8 Å². The number of aromatic amines is 1. The molecule has 1 atom stereocenters. The fourth-order valence-corrected chi connectivity index (χ4v) is 4.12. The molecule has 2 saturated heterocycles. The molecule has 5 rings (SSSR count). The van der Waals surface area contributed by atoms with Gasteiger partial charge in [0, 0.05) is 44.0 Å². The largest absolute Gasteiger partial charge is 0.352 e. The fraction of sp³-hybridized carbons (Fsp3) is 0.400. The summed E-state index contributed by atoms with van der Waals surface area (Å²) in [5.74, 6) is 1.57. The van der Waals surface area contributed by atoms with Gasteiger partial charge in [-0.05, 0) is 31.9 Å². The molecule has 1 aromatic carbocycles. The van der Waals surface area contributed by atoms with Crippen molar-refractivity contribution in [1.29, 1.82) is 0 Å². The highest BCUT2D eigenvalue weighted by atomic mass is 16.2. The smallest absolute Gasteiger partial charge is 0.289 e. The van der Waals surface area contributed by atoms with Gasteiger partial charge in [-0.1, -0.05) is 12.1 Å². The molecular weight excluding hydrogens is 340 g/mol. The Hall–Kier alpha value is -2.96. The predicted octanol–water partition coefficient (Wildman–Crippen LogP) is 2.58. The Balaban J connectivity index is 1.33. The van der Waals surface area contributed by atoms with Crippen molar-refractivity contribution in [1.82, 2.24) is 24.8 Å². The van der Waals surface area contributed by atoms with E-state index >= 15 is 0 Å². The van der Waals surface area contributed by atoms with Crippen LogP contribution >= 0.6 is 0 Å². The van der Waals surface area contributed by atoms with Gasteiger partial charge >= 0.3 is 0 Å². The SMILES string of the molecule is C[C@H]1CCCN1c1nccnc1C1CN(C(=O)c2nc3ccccc3[nH]2)C1. The molecule has 1 N–H and O–H groups in total. The number of likely N-dealkylation sites (tertiary alicyclic amines) is 1. The molecule has 7 nitrogen and oxygen atoms in total. The molecule has 4 heterocycles. The molecule has 0 unspecified atom stereocenters. The first-order valence-electron chi connectivity index (χ1n) is 9.52. The molecule has 1 amide bonds. The summed E-state index contributed by atoms with van der Waals surface area (Å²) in [6.07, 6.45) is 5.90. The van der Waals surface area contributed by atoms with Gasteiger partial charge in [0.2, 0.25) is 0 Å². The van der Waals surface area contributed by atoms with Gasteiger partial charge < -0.3 is 14.8 Å². The van der Waals surface area contributed by atoms with Crippen LogP contribution in [0.1, 0.15) is 42.0 Å². The summed E-state index contributed by atoms with van der Waals surface area (Å²) in [6.45, 7) is 4.58. The second-order valence-corrected chi connectivity index (χ2v) is 7.46. The van der Waals surface area contributed by atoms with Gasteiger partial charge in [0.1, 0.15) is 0 Å². The monoisotopic (exact) mass is 362 g/mol. The number of H-pyrrole nitrogens is 1. The summed E-state index contributed by atoms with van der Waals surface area (Å²) in [7, 11) is 0. The van der Waals surface area contributed by atoms with Crippen LogP contribution in [0, 0.1) is 0 Å². The highest BCUT2D eigenvalue weighted by molar-refractivity contribution is 5.94. The molecule has 0 saturated carbocycles. The number of nitrogens with zero attached hydrogens (tertiary/aromatic N) is 5. The van der Waals surface area contributed by atoms with Gasteiger partial charge in [-0.2, -0.15) is 0 Å². The van der Waals surface area contributed by atoms with E-state index < -0.39 is 0 Å². The highest BCUT2D eigenvalue weighted by Crippen LogP contribution is 2.34. The van der Waals surface area contributed by atoms with Crippen LogP contribution < -0.4 is 4.90 Å². The second-order valence-electron chi connectivity index (χ2n) is 7.46. The number of fused-ring (bicyclic) bond motifs is 1. The molecule has 0 spiro atoms. The van der Waals surface area contributed by atoms with Crippen LogP contribution in [0.25, 0.3) is 11.0 Å². The van der Waals surface area contributed by atoms with E-state index in [9.17, 15) is 4.79 Å². The van der Waals surface area contributed by atoms with Crippen LogP contribution in [-0.2, 0) is 0 Å². The predicted molar refractivity (Wildman–Crippen MR) is 103 cm³/mol. The van der Waals surface area contributed by atoms with Crippen LogP contribution in [0.15, 0.2) is 36.7 Å². The lowest BCUT2D eigenvalue weighted by atomic mass is 9.95. The third kappa shape index (κ3) is 2.74. The second kappa shape index (κ2) is 6.33. The molecule has 3 aromatic rings. The highest BCUT2D eigenvalue weighted by Gasteiger charge is 2.37. The Morgan fingerprint density at radius 1 is 1.19 bits per heavy atom. The normalized spacial score (nSPS) is 20.3. The molecule has 138 valence electrons. The van der Waals surface area contributed by atoms with Gasteiger partial charge in [-0.3, -0.25) is 9.78 Å². The maximum absolute atomic E-state index is 12.8. The number of carbonyl (C=O) groups excluding carboxylic acids is 1. The first-order chi connectivity index (χ1) is 13.2. The first-order valence-corrected chi connectivity index (χ1v) is 9.52. The summed E-state index contributed by atoms with van der Waals surface area (Å²) in [4.78, 5) is 33.7. The fourth-order valence-electron chi connectivity index (χ4n) is 4.12. The molecule has 2 aliphatic heterocycles. The lowest BCUT2D eigenvalue weighted by Gasteiger charge is -2.39. The van der Waals surface area contributed by atoms with E-state index in [4.69, 9.17) is 0 Å². The molecule has 0 radical (unpaired) electrons. The van der Waals surface area contributed by atoms with Gasteiger partial charge in [-0.25, -0.2) is 9.97 Å². The van der Waals surface area contributed by atoms with Crippen molar-refractivity contribution in [2.24, 2.45) is 0 Å². The van der Waals surface area contributed by atoms with Crippen LogP contribution in [0.3, 0.4) is 0 Å². The molecule has 0 bridgehead atoms.